The van der Waals surface area contributed by atoms with Gasteiger partial charge in [-0.1, -0.05) is 38.1 Å². The van der Waals surface area contributed by atoms with Crippen LogP contribution in [0, 0.1) is 0 Å². The molecule has 0 fully saturated rings. The minimum atomic E-state index is -0.475. The Bertz CT molecular complexity index is 1220. The molecule has 2 aromatic carbocycles. The molecule has 1 aliphatic carbocycles. The summed E-state index contributed by atoms with van der Waals surface area (Å²) in [4.78, 5) is 25.3. The Morgan fingerprint density at radius 3 is 2.56 bits per heavy atom. The number of esters is 1. The van der Waals surface area contributed by atoms with Gasteiger partial charge in [0.05, 0.1) is 11.6 Å². The molecule has 1 heterocycles. The molecule has 3 aromatic rings. The van der Waals surface area contributed by atoms with E-state index in [-0.39, 0.29) is 12.5 Å². The summed E-state index contributed by atoms with van der Waals surface area (Å²) in [6.07, 6.45) is 4.55. The fourth-order valence-electron chi connectivity index (χ4n) is 4.17. The van der Waals surface area contributed by atoms with Gasteiger partial charge in [0.1, 0.15) is 16.3 Å². The Balaban J connectivity index is 1.51. The number of fused-ring (bicyclic) bond motifs is 1. The summed E-state index contributed by atoms with van der Waals surface area (Å²) in [5.41, 5.74) is 6.00. The van der Waals surface area contributed by atoms with E-state index >= 15 is 0 Å². The second-order valence-electron chi connectivity index (χ2n) is 8.72. The highest BCUT2D eigenvalue weighted by atomic mass is 79.9. The van der Waals surface area contributed by atoms with Crippen LogP contribution in [0.2, 0.25) is 0 Å². The zero-order valence-corrected chi connectivity index (χ0v) is 22.0. The first-order chi connectivity index (χ1) is 16.4. The molecular weight excluding hydrogens is 514 g/mol. The molecule has 178 valence electrons. The summed E-state index contributed by atoms with van der Waals surface area (Å²) < 4.78 is 11.6. The Kier molecular flexibility index (Phi) is 7.73. The van der Waals surface area contributed by atoms with Crippen molar-refractivity contribution in [1.82, 2.24) is 0 Å². The number of carbonyl (C=O) groups is 2. The zero-order valence-electron chi connectivity index (χ0n) is 19.6. The molecule has 0 bridgehead atoms. The predicted molar refractivity (Wildman–Crippen MR) is 140 cm³/mol. The average Bonchev–Trinajstić information content (AvgIpc) is 3.25. The number of hydrogen-bond donors (Lipinski definition) is 1. The number of hydrogen-bond acceptors (Lipinski definition) is 5. The van der Waals surface area contributed by atoms with Crippen LogP contribution in [0.5, 0.6) is 5.75 Å². The molecule has 0 spiro atoms. The molecular formula is C27H28BrNO4S. The number of amides is 1. The smallest absolute Gasteiger partial charge is 0.341 e. The van der Waals surface area contributed by atoms with Gasteiger partial charge in [-0.2, -0.15) is 0 Å². The van der Waals surface area contributed by atoms with E-state index < -0.39 is 5.97 Å². The van der Waals surface area contributed by atoms with Crippen molar-refractivity contribution in [2.45, 2.75) is 45.4 Å². The topological polar surface area (TPSA) is 64.6 Å². The third kappa shape index (κ3) is 5.36. The Morgan fingerprint density at radius 2 is 1.85 bits per heavy atom. The van der Waals surface area contributed by atoms with E-state index in [0.717, 1.165) is 28.4 Å². The molecule has 0 atom stereocenters. The van der Waals surface area contributed by atoms with Crippen LogP contribution in [0.15, 0.2) is 46.3 Å². The standard InChI is InChI=1S/C27H28BrNO4S/c1-16(2)18-10-11-23(22(28)13-18)33-14-24(30)29-26-25(27(31)32-3)21(15-34-26)20-9-8-17-6-4-5-7-19(17)12-20/h8-13,15-16H,4-7,14H2,1-3H3,(H,29,30). The third-order valence-electron chi connectivity index (χ3n) is 6.07. The van der Waals surface area contributed by atoms with Crippen molar-refractivity contribution in [1.29, 1.82) is 0 Å². The highest BCUT2D eigenvalue weighted by Gasteiger charge is 2.23. The Morgan fingerprint density at radius 1 is 1.09 bits per heavy atom. The lowest BCUT2D eigenvalue weighted by atomic mass is 9.89. The second kappa shape index (κ2) is 10.7. The number of benzene rings is 2. The van der Waals surface area contributed by atoms with E-state index in [9.17, 15) is 9.59 Å². The normalized spacial score (nSPS) is 12.9. The van der Waals surface area contributed by atoms with Gasteiger partial charge in [0.2, 0.25) is 0 Å². The van der Waals surface area contributed by atoms with Crippen molar-refractivity contribution in [2.75, 3.05) is 19.0 Å². The van der Waals surface area contributed by atoms with Crippen LogP contribution in [0.1, 0.15) is 59.7 Å². The zero-order chi connectivity index (χ0) is 24.2. The lowest BCUT2D eigenvalue weighted by Crippen LogP contribution is -2.21. The maximum absolute atomic E-state index is 12.7. The van der Waals surface area contributed by atoms with Gasteiger partial charge in [0.15, 0.2) is 6.61 Å². The molecule has 5 nitrogen and oxygen atoms in total. The van der Waals surface area contributed by atoms with E-state index in [0.29, 0.717) is 22.2 Å². The molecule has 1 aliphatic rings. The number of methoxy groups -OCH3 is 1. The van der Waals surface area contributed by atoms with Crippen LogP contribution in [0.25, 0.3) is 11.1 Å². The number of rotatable bonds is 7. The van der Waals surface area contributed by atoms with Crippen LogP contribution in [-0.4, -0.2) is 25.6 Å². The summed E-state index contributed by atoms with van der Waals surface area (Å²) in [6, 6.07) is 12.2. The predicted octanol–water partition coefficient (Wildman–Crippen LogP) is 6.98. The minimum absolute atomic E-state index is 0.174. The molecule has 34 heavy (non-hydrogen) atoms. The quantitative estimate of drug-likeness (QED) is 0.327. The number of ether oxygens (including phenoxy) is 2. The van der Waals surface area contributed by atoms with E-state index in [4.69, 9.17) is 9.47 Å². The first-order valence-electron chi connectivity index (χ1n) is 11.4. The van der Waals surface area contributed by atoms with Crippen molar-refractivity contribution in [3.8, 4) is 16.9 Å². The molecule has 4 rings (SSSR count). The van der Waals surface area contributed by atoms with Crippen molar-refractivity contribution in [3.05, 3.63) is 68.5 Å². The van der Waals surface area contributed by atoms with Crippen LogP contribution in [0.3, 0.4) is 0 Å². The number of aryl methyl sites for hydroxylation is 2. The van der Waals surface area contributed by atoms with Crippen molar-refractivity contribution < 1.29 is 19.1 Å². The van der Waals surface area contributed by atoms with Crippen LogP contribution < -0.4 is 10.1 Å². The summed E-state index contributed by atoms with van der Waals surface area (Å²) in [6.45, 7) is 4.06. The maximum atomic E-state index is 12.7. The summed E-state index contributed by atoms with van der Waals surface area (Å²) in [5, 5.41) is 5.19. The van der Waals surface area contributed by atoms with Gasteiger partial charge in [-0.15, -0.1) is 11.3 Å². The highest BCUT2D eigenvalue weighted by molar-refractivity contribution is 9.10. The number of nitrogens with one attached hydrogen (secondary N) is 1. The van der Waals surface area contributed by atoms with E-state index in [1.165, 1.54) is 48.0 Å². The number of thiophene rings is 1. The van der Waals surface area contributed by atoms with E-state index in [2.05, 4.69) is 47.2 Å². The van der Waals surface area contributed by atoms with Gasteiger partial charge in [-0.05, 0) is 81.9 Å². The van der Waals surface area contributed by atoms with Gasteiger partial charge in [0.25, 0.3) is 5.91 Å². The number of halogens is 1. The molecule has 0 unspecified atom stereocenters. The van der Waals surface area contributed by atoms with Gasteiger partial charge in [-0.3, -0.25) is 4.79 Å². The monoisotopic (exact) mass is 541 g/mol. The van der Waals surface area contributed by atoms with Gasteiger partial charge in [-0.25, -0.2) is 4.79 Å². The molecule has 0 radical (unpaired) electrons. The first-order valence-corrected chi connectivity index (χ1v) is 13.1. The lowest BCUT2D eigenvalue weighted by molar-refractivity contribution is -0.118. The SMILES string of the molecule is COC(=O)c1c(-c2ccc3c(c2)CCCC3)csc1NC(=O)COc1ccc(C(C)C)cc1Br. The Labute approximate surface area is 212 Å². The maximum Gasteiger partial charge on any atom is 0.341 e. The van der Waals surface area contributed by atoms with E-state index in [1.807, 2.05) is 29.6 Å². The molecule has 1 aromatic heterocycles. The highest BCUT2D eigenvalue weighted by Crippen LogP contribution is 2.38. The average molecular weight is 542 g/mol. The van der Waals surface area contributed by atoms with Crippen LogP contribution >= 0.6 is 27.3 Å². The molecule has 0 saturated carbocycles. The van der Waals surface area contributed by atoms with Crippen LogP contribution in [-0.2, 0) is 22.4 Å². The van der Waals surface area contributed by atoms with Crippen molar-refractivity contribution in [2.24, 2.45) is 0 Å². The molecule has 0 aliphatic heterocycles. The van der Waals surface area contributed by atoms with Gasteiger partial charge in [0, 0.05) is 10.9 Å². The molecule has 0 saturated heterocycles. The molecule has 7 heteroatoms. The van der Waals surface area contributed by atoms with E-state index in [1.54, 1.807) is 0 Å². The minimum Gasteiger partial charge on any atom is -0.483 e. The number of anilines is 1. The van der Waals surface area contributed by atoms with Crippen molar-refractivity contribution >= 4 is 44.1 Å². The second-order valence-corrected chi connectivity index (χ2v) is 10.5. The lowest BCUT2D eigenvalue weighted by Gasteiger charge is -2.17. The largest absolute Gasteiger partial charge is 0.483 e. The molecule has 1 N–H and O–H groups in total. The third-order valence-corrected chi connectivity index (χ3v) is 7.59. The fourth-order valence-corrected chi connectivity index (χ4v) is 5.65. The molecule has 1 amide bonds. The fraction of sp³-hybridized carbons (Fsp3) is 0.333. The summed E-state index contributed by atoms with van der Waals surface area (Å²) in [5.74, 6) is 0.170. The first kappa shape index (κ1) is 24.5. The number of carbonyl (C=O) groups excluding carboxylic acids is 2. The van der Waals surface area contributed by atoms with Gasteiger partial charge < -0.3 is 14.8 Å². The summed E-state index contributed by atoms with van der Waals surface area (Å²) >= 11 is 4.82. The Hall–Kier alpha value is -2.64. The van der Waals surface area contributed by atoms with Crippen molar-refractivity contribution in [3.63, 3.8) is 0 Å². The van der Waals surface area contributed by atoms with Crippen LogP contribution in [0.4, 0.5) is 5.00 Å². The summed E-state index contributed by atoms with van der Waals surface area (Å²) in [7, 11) is 1.35. The van der Waals surface area contributed by atoms with Gasteiger partial charge >= 0.3 is 5.97 Å².